The minimum atomic E-state index is -3.54. The number of piperidine rings is 1. The number of carbonyl (C=O) groups excluding carboxylic acids is 1. The normalized spacial score (nSPS) is 18.4. The summed E-state index contributed by atoms with van der Waals surface area (Å²) in [5.74, 6) is -0.226. The van der Waals surface area contributed by atoms with E-state index in [4.69, 9.17) is 0 Å². The van der Waals surface area contributed by atoms with E-state index in [9.17, 15) is 13.2 Å². The summed E-state index contributed by atoms with van der Waals surface area (Å²) in [7, 11) is -1.82. The van der Waals surface area contributed by atoms with E-state index in [1.54, 1.807) is 17.8 Å². The number of sulfonamides is 1. The van der Waals surface area contributed by atoms with Crippen LogP contribution in [0.5, 0.6) is 0 Å². The summed E-state index contributed by atoms with van der Waals surface area (Å²) < 4.78 is 28.8. The maximum Gasteiger partial charge on any atom is 0.268 e. The Hall–Kier alpha value is -2.12. The molecule has 6 nitrogen and oxygen atoms in total. The summed E-state index contributed by atoms with van der Waals surface area (Å²) in [6.07, 6.45) is 6.01. The molecule has 1 N–H and O–H groups in total. The molecule has 2 aromatic rings. The lowest BCUT2D eigenvalue weighted by Gasteiger charge is -2.25. The number of aromatic nitrogens is 1. The number of nitrogens with one attached hydrogen (secondary N) is 1. The van der Waals surface area contributed by atoms with Crippen molar-refractivity contribution in [3.8, 4) is 0 Å². The van der Waals surface area contributed by atoms with Gasteiger partial charge in [-0.05, 0) is 42.9 Å². The van der Waals surface area contributed by atoms with Crippen LogP contribution in [0.1, 0.15) is 40.9 Å². The molecule has 27 heavy (non-hydrogen) atoms. The van der Waals surface area contributed by atoms with Crippen LogP contribution in [0.25, 0.3) is 0 Å². The van der Waals surface area contributed by atoms with Gasteiger partial charge in [0.1, 0.15) is 10.6 Å². The largest absolute Gasteiger partial charge is 0.347 e. The number of aryl methyl sites for hydroxylation is 1. The van der Waals surface area contributed by atoms with Gasteiger partial charge in [-0.2, -0.15) is 4.31 Å². The SMILES string of the molecule is Cn1cc(S(=O)(=O)N2CCCCC2)cc1C(=O)NC1Cc2ccccc2C1. The lowest BCUT2D eigenvalue weighted by molar-refractivity contribution is 0.0930. The van der Waals surface area contributed by atoms with Crippen molar-refractivity contribution in [2.75, 3.05) is 13.1 Å². The van der Waals surface area contributed by atoms with Gasteiger partial charge in [0, 0.05) is 32.4 Å². The average molecular weight is 388 g/mol. The van der Waals surface area contributed by atoms with Crippen molar-refractivity contribution in [3.63, 3.8) is 0 Å². The number of hydrogen-bond acceptors (Lipinski definition) is 3. The highest BCUT2D eigenvalue weighted by molar-refractivity contribution is 7.89. The maximum atomic E-state index is 12.8. The number of hydrogen-bond donors (Lipinski definition) is 1. The number of carbonyl (C=O) groups is 1. The van der Waals surface area contributed by atoms with Crippen LogP contribution in [-0.4, -0.2) is 42.3 Å². The molecule has 2 aliphatic rings. The fourth-order valence-corrected chi connectivity index (χ4v) is 5.66. The zero-order valence-electron chi connectivity index (χ0n) is 15.5. The molecule has 144 valence electrons. The Bertz CT molecular complexity index is 934. The van der Waals surface area contributed by atoms with Gasteiger partial charge < -0.3 is 9.88 Å². The zero-order valence-corrected chi connectivity index (χ0v) is 16.3. The molecule has 7 heteroatoms. The third-order valence-corrected chi connectivity index (χ3v) is 7.42. The maximum absolute atomic E-state index is 12.8. The molecule has 1 saturated heterocycles. The van der Waals surface area contributed by atoms with Crippen molar-refractivity contribution in [2.24, 2.45) is 7.05 Å². The van der Waals surface area contributed by atoms with Crippen molar-refractivity contribution < 1.29 is 13.2 Å². The van der Waals surface area contributed by atoms with E-state index < -0.39 is 10.0 Å². The van der Waals surface area contributed by atoms with Crippen LogP contribution in [-0.2, 0) is 29.9 Å². The van der Waals surface area contributed by atoms with Crippen molar-refractivity contribution in [1.82, 2.24) is 14.2 Å². The first-order valence-electron chi connectivity index (χ1n) is 9.49. The molecule has 0 radical (unpaired) electrons. The van der Waals surface area contributed by atoms with E-state index in [2.05, 4.69) is 17.4 Å². The van der Waals surface area contributed by atoms with Crippen LogP contribution in [0, 0.1) is 0 Å². The Kier molecular flexibility index (Phi) is 4.82. The number of amides is 1. The molecule has 1 aromatic carbocycles. The minimum Gasteiger partial charge on any atom is -0.347 e. The standard InChI is InChI=1S/C20H25N3O3S/c1-22-14-18(27(25,26)23-9-5-2-6-10-23)13-19(22)20(24)21-17-11-15-7-3-4-8-16(15)12-17/h3-4,7-8,13-14,17H,2,5-6,9-12H2,1H3,(H,21,24). The highest BCUT2D eigenvalue weighted by Crippen LogP contribution is 2.24. The molecule has 1 fully saturated rings. The van der Waals surface area contributed by atoms with Gasteiger partial charge in [-0.25, -0.2) is 8.42 Å². The summed E-state index contributed by atoms with van der Waals surface area (Å²) in [5.41, 5.74) is 2.91. The predicted molar refractivity (Wildman–Crippen MR) is 103 cm³/mol. The number of fused-ring (bicyclic) bond motifs is 1. The molecule has 1 aliphatic heterocycles. The number of rotatable bonds is 4. The third kappa shape index (κ3) is 3.53. The van der Waals surface area contributed by atoms with Gasteiger partial charge in [0.05, 0.1) is 0 Å². The lowest BCUT2D eigenvalue weighted by Crippen LogP contribution is -2.36. The van der Waals surface area contributed by atoms with Gasteiger partial charge in [0.25, 0.3) is 5.91 Å². The van der Waals surface area contributed by atoms with E-state index in [0.29, 0.717) is 18.8 Å². The van der Waals surface area contributed by atoms with E-state index in [1.165, 1.54) is 21.5 Å². The average Bonchev–Trinajstić information content (AvgIpc) is 3.25. The van der Waals surface area contributed by atoms with Crippen LogP contribution in [0.4, 0.5) is 0 Å². The molecule has 1 aromatic heterocycles. The van der Waals surface area contributed by atoms with Crippen molar-refractivity contribution in [3.05, 3.63) is 53.3 Å². The molecule has 4 rings (SSSR count). The first-order valence-corrected chi connectivity index (χ1v) is 10.9. The minimum absolute atomic E-state index is 0.0481. The van der Waals surface area contributed by atoms with Gasteiger partial charge in [-0.15, -0.1) is 0 Å². The Morgan fingerprint density at radius 2 is 1.70 bits per heavy atom. The molecule has 0 spiro atoms. The van der Waals surface area contributed by atoms with Crippen molar-refractivity contribution in [1.29, 1.82) is 0 Å². The molecule has 0 bridgehead atoms. The van der Waals surface area contributed by atoms with Crippen LogP contribution >= 0.6 is 0 Å². The Morgan fingerprint density at radius 3 is 2.33 bits per heavy atom. The summed E-state index contributed by atoms with van der Waals surface area (Å²) in [4.78, 5) is 12.9. The predicted octanol–water partition coefficient (Wildman–Crippen LogP) is 2.10. The second kappa shape index (κ2) is 7.13. The fraction of sp³-hybridized carbons (Fsp3) is 0.450. The van der Waals surface area contributed by atoms with E-state index in [0.717, 1.165) is 32.1 Å². The smallest absolute Gasteiger partial charge is 0.268 e. The van der Waals surface area contributed by atoms with Crippen LogP contribution in [0.3, 0.4) is 0 Å². The second-order valence-electron chi connectivity index (χ2n) is 7.48. The summed E-state index contributed by atoms with van der Waals surface area (Å²) in [5, 5.41) is 3.06. The Balaban J connectivity index is 1.49. The first-order chi connectivity index (χ1) is 12.9. The quantitative estimate of drug-likeness (QED) is 0.873. The Morgan fingerprint density at radius 1 is 1.07 bits per heavy atom. The molecule has 0 atom stereocenters. The number of benzene rings is 1. The van der Waals surface area contributed by atoms with Crippen LogP contribution in [0.15, 0.2) is 41.4 Å². The Labute approximate surface area is 160 Å². The van der Waals surface area contributed by atoms with Crippen molar-refractivity contribution in [2.45, 2.75) is 43.0 Å². The zero-order chi connectivity index (χ0) is 19.0. The molecule has 0 unspecified atom stereocenters. The highest BCUT2D eigenvalue weighted by atomic mass is 32.2. The molecular formula is C20H25N3O3S. The molecule has 0 saturated carbocycles. The second-order valence-corrected chi connectivity index (χ2v) is 9.42. The molecule has 1 amide bonds. The van der Waals surface area contributed by atoms with Gasteiger partial charge >= 0.3 is 0 Å². The van der Waals surface area contributed by atoms with Gasteiger partial charge in [-0.3, -0.25) is 4.79 Å². The van der Waals surface area contributed by atoms with Gasteiger partial charge in [-0.1, -0.05) is 30.7 Å². The van der Waals surface area contributed by atoms with E-state index in [1.807, 2.05) is 12.1 Å². The molecule has 1 aliphatic carbocycles. The summed E-state index contributed by atoms with van der Waals surface area (Å²) in [6, 6.07) is 9.75. The summed E-state index contributed by atoms with van der Waals surface area (Å²) >= 11 is 0. The van der Waals surface area contributed by atoms with Gasteiger partial charge in [0.15, 0.2) is 0 Å². The van der Waals surface area contributed by atoms with Gasteiger partial charge in [0.2, 0.25) is 10.0 Å². The molecular weight excluding hydrogens is 362 g/mol. The van der Waals surface area contributed by atoms with E-state index >= 15 is 0 Å². The lowest BCUT2D eigenvalue weighted by atomic mass is 10.1. The van der Waals surface area contributed by atoms with Crippen LogP contribution < -0.4 is 5.32 Å². The molecule has 2 heterocycles. The third-order valence-electron chi connectivity index (χ3n) is 5.55. The topological polar surface area (TPSA) is 71.4 Å². The highest BCUT2D eigenvalue weighted by Gasteiger charge is 2.29. The van der Waals surface area contributed by atoms with Crippen molar-refractivity contribution >= 4 is 15.9 Å². The number of nitrogens with zero attached hydrogens (tertiary/aromatic N) is 2. The monoisotopic (exact) mass is 387 g/mol. The first kappa shape index (κ1) is 18.3. The summed E-state index contributed by atoms with van der Waals surface area (Å²) in [6.45, 7) is 1.11. The fourth-order valence-electron chi connectivity index (χ4n) is 4.08. The van der Waals surface area contributed by atoms with Crippen LogP contribution in [0.2, 0.25) is 0 Å². The van der Waals surface area contributed by atoms with E-state index in [-0.39, 0.29) is 16.8 Å².